The van der Waals surface area contributed by atoms with Crippen LogP contribution in [0.3, 0.4) is 0 Å². The summed E-state index contributed by atoms with van der Waals surface area (Å²) in [5.74, 6) is 2.00. The second kappa shape index (κ2) is 5.49. The normalized spacial score (nSPS) is 11.2. The van der Waals surface area contributed by atoms with Crippen LogP contribution in [-0.2, 0) is 6.42 Å². The van der Waals surface area contributed by atoms with Crippen LogP contribution in [-0.4, -0.2) is 26.3 Å². The van der Waals surface area contributed by atoms with Crippen molar-refractivity contribution < 1.29 is 4.74 Å². The molecule has 2 aromatic carbocycles. The first kappa shape index (κ1) is 14.4. The van der Waals surface area contributed by atoms with Crippen molar-refractivity contribution in [3.63, 3.8) is 0 Å². The highest BCUT2D eigenvalue weighted by Crippen LogP contribution is 2.20. The molecule has 0 saturated heterocycles. The van der Waals surface area contributed by atoms with Gasteiger partial charge >= 0.3 is 0 Å². The maximum atomic E-state index is 13.1. The lowest BCUT2D eigenvalue weighted by Gasteiger charge is -2.12. The third-order valence-corrected chi connectivity index (χ3v) is 4.12. The molecule has 120 valence electrons. The number of aromatic nitrogens is 4. The molecule has 6 nitrogen and oxygen atoms in total. The molecule has 0 aliphatic carbocycles. The van der Waals surface area contributed by atoms with Crippen LogP contribution in [0.15, 0.2) is 53.3 Å². The molecule has 4 aromatic rings. The molecule has 6 heteroatoms. The first-order valence-electron chi connectivity index (χ1n) is 7.76. The lowest BCUT2D eigenvalue weighted by molar-refractivity contribution is 0.414. The Morgan fingerprint density at radius 3 is 2.71 bits per heavy atom. The maximum absolute atomic E-state index is 13.1. The molecule has 2 heterocycles. The summed E-state index contributed by atoms with van der Waals surface area (Å²) in [5.41, 5.74) is 1.39. The van der Waals surface area contributed by atoms with E-state index in [1.807, 2.05) is 59.9 Å². The Balaban J connectivity index is 2.20. The van der Waals surface area contributed by atoms with Crippen molar-refractivity contribution >= 4 is 16.7 Å². The van der Waals surface area contributed by atoms with E-state index in [0.29, 0.717) is 22.6 Å². The van der Waals surface area contributed by atoms with Crippen molar-refractivity contribution in [2.75, 3.05) is 7.11 Å². The Kier molecular flexibility index (Phi) is 3.30. The Morgan fingerprint density at radius 2 is 1.92 bits per heavy atom. The lowest BCUT2D eigenvalue weighted by Crippen LogP contribution is -2.22. The summed E-state index contributed by atoms with van der Waals surface area (Å²) in [6.45, 7) is 2.02. The van der Waals surface area contributed by atoms with Gasteiger partial charge in [-0.3, -0.25) is 9.20 Å². The molecule has 0 aliphatic rings. The van der Waals surface area contributed by atoms with Crippen molar-refractivity contribution in [3.05, 3.63) is 64.7 Å². The van der Waals surface area contributed by atoms with Crippen molar-refractivity contribution in [2.24, 2.45) is 0 Å². The molecule has 0 saturated carbocycles. The van der Waals surface area contributed by atoms with Gasteiger partial charge < -0.3 is 4.74 Å². The number of nitrogens with zero attached hydrogens (tertiary/aromatic N) is 4. The standard InChI is InChI=1S/C18H16N4O2/c1-3-16-19-20-18-21(12-7-6-8-13(11-12)24-2)17(23)14-9-4-5-10-15(14)22(16)18/h4-11H,3H2,1-2H3. The van der Waals surface area contributed by atoms with Gasteiger partial charge in [0.15, 0.2) is 0 Å². The van der Waals surface area contributed by atoms with Gasteiger partial charge in [0.25, 0.3) is 5.56 Å². The van der Waals surface area contributed by atoms with Crippen molar-refractivity contribution in [3.8, 4) is 11.4 Å². The predicted octanol–water partition coefficient (Wildman–Crippen LogP) is 2.60. The van der Waals surface area contributed by atoms with E-state index in [1.54, 1.807) is 11.7 Å². The van der Waals surface area contributed by atoms with Crippen LogP contribution in [0, 0.1) is 0 Å². The molecule has 0 spiro atoms. The number of para-hydroxylation sites is 1. The molecule has 0 radical (unpaired) electrons. The number of methoxy groups -OCH3 is 1. The van der Waals surface area contributed by atoms with Gasteiger partial charge in [0.05, 0.1) is 23.7 Å². The highest BCUT2D eigenvalue weighted by atomic mass is 16.5. The zero-order chi connectivity index (χ0) is 16.7. The van der Waals surface area contributed by atoms with E-state index in [4.69, 9.17) is 4.74 Å². The number of hydrogen-bond donors (Lipinski definition) is 0. The molecule has 2 aromatic heterocycles. The summed E-state index contributed by atoms with van der Waals surface area (Å²) in [6, 6.07) is 14.9. The van der Waals surface area contributed by atoms with Crippen LogP contribution in [0.5, 0.6) is 5.75 Å². The van der Waals surface area contributed by atoms with Crippen molar-refractivity contribution in [1.82, 2.24) is 19.2 Å². The predicted molar refractivity (Wildman–Crippen MR) is 92.0 cm³/mol. The molecular weight excluding hydrogens is 304 g/mol. The molecule has 0 N–H and O–H groups in total. The number of ether oxygens (including phenoxy) is 1. The first-order chi connectivity index (χ1) is 11.7. The van der Waals surface area contributed by atoms with E-state index >= 15 is 0 Å². The Bertz CT molecular complexity index is 1110. The highest BCUT2D eigenvalue weighted by molar-refractivity contribution is 5.81. The second-order valence-electron chi connectivity index (χ2n) is 5.46. The summed E-state index contributed by atoms with van der Waals surface area (Å²) in [6.07, 6.45) is 0.724. The fourth-order valence-corrected chi connectivity index (χ4v) is 2.97. The van der Waals surface area contributed by atoms with Gasteiger partial charge in [0, 0.05) is 12.5 Å². The maximum Gasteiger partial charge on any atom is 0.267 e. The minimum atomic E-state index is -0.124. The summed E-state index contributed by atoms with van der Waals surface area (Å²) < 4.78 is 8.80. The third kappa shape index (κ3) is 2.00. The fourth-order valence-electron chi connectivity index (χ4n) is 2.97. The van der Waals surface area contributed by atoms with E-state index in [2.05, 4.69) is 10.2 Å². The molecule has 0 amide bonds. The average molecular weight is 320 g/mol. The van der Waals surface area contributed by atoms with Crippen molar-refractivity contribution in [2.45, 2.75) is 13.3 Å². The summed E-state index contributed by atoms with van der Waals surface area (Å²) in [4.78, 5) is 13.1. The van der Waals surface area contributed by atoms with Gasteiger partial charge in [-0.1, -0.05) is 25.1 Å². The van der Waals surface area contributed by atoms with Gasteiger partial charge in [-0.25, -0.2) is 4.57 Å². The van der Waals surface area contributed by atoms with Crippen LogP contribution in [0.2, 0.25) is 0 Å². The molecule has 0 fully saturated rings. The second-order valence-corrected chi connectivity index (χ2v) is 5.46. The van der Waals surface area contributed by atoms with Crippen LogP contribution in [0.4, 0.5) is 0 Å². The number of aryl methyl sites for hydroxylation is 1. The van der Waals surface area contributed by atoms with Gasteiger partial charge in [-0.2, -0.15) is 0 Å². The van der Waals surface area contributed by atoms with Gasteiger partial charge in [-0.05, 0) is 24.3 Å². The molecule has 0 bridgehead atoms. The average Bonchev–Trinajstić information content (AvgIpc) is 3.06. The Labute approximate surface area is 137 Å². The first-order valence-corrected chi connectivity index (χ1v) is 7.76. The van der Waals surface area contributed by atoms with E-state index in [-0.39, 0.29) is 5.56 Å². The number of hydrogen-bond acceptors (Lipinski definition) is 4. The minimum absolute atomic E-state index is 0.124. The molecular formula is C18H16N4O2. The summed E-state index contributed by atoms with van der Waals surface area (Å²) in [7, 11) is 1.60. The minimum Gasteiger partial charge on any atom is -0.497 e. The zero-order valence-electron chi connectivity index (χ0n) is 13.4. The number of fused-ring (bicyclic) bond motifs is 3. The van der Waals surface area contributed by atoms with E-state index in [1.165, 1.54) is 0 Å². The topological polar surface area (TPSA) is 61.4 Å². The molecule has 0 unspecified atom stereocenters. The monoisotopic (exact) mass is 320 g/mol. The SMILES string of the molecule is CCc1nnc2n(-c3cccc(OC)c3)c(=O)c3ccccc3n12. The molecule has 4 rings (SSSR count). The number of rotatable bonds is 3. The largest absolute Gasteiger partial charge is 0.497 e. The number of benzene rings is 2. The third-order valence-electron chi connectivity index (χ3n) is 4.12. The fraction of sp³-hybridized carbons (Fsp3) is 0.167. The van der Waals surface area contributed by atoms with Gasteiger partial charge in [0.2, 0.25) is 5.78 Å². The van der Waals surface area contributed by atoms with E-state index in [0.717, 1.165) is 17.8 Å². The van der Waals surface area contributed by atoms with Crippen LogP contribution in [0.25, 0.3) is 22.4 Å². The quantitative estimate of drug-likeness (QED) is 0.582. The Hall–Kier alpha value is -3.15. The summed E-state index contributed by atoms with van der Waals surface area (Å²) >= 11 is 0. The molecule has 24 heavy (non-hydrogen) atoms. The van der Waals surface area contributed by atoms with E-state index < -0.39 is 0 Å². The van der Waals surface area contributed by atoms with Gasteiger partial charge in [0.1, 0.15) is 11.6 Å². The molecule has 0 atom stereocenters. The van der Waals surface area contributed by atoms with Crippen LogP contribution < -0.4 is 10.3 Å². The van der Waals surface area contributed by atoms with Gasteiger partial charge in [-0.15, -0.1) is 10.2 Å². The Morgan fingerprint density at radius 1 is 1.08 bits per heavy atom. The zero-order valence-corrected chi connectivity index (χ0v) is 13.4. The highest BCUT2D eigenvalue weighted by Gasteiger charge is 2.16. The lowest BCUT2D eigenvalue weighted by atomic mass is 10.2. The van der Waals surface area contributed by atoms with Crippen LogP contribution in [0.1, 0.15) is 12.7 Å². The van der Waals surface area contributed by atoms with Crippen molar-refractivity contribution in [1.29, 1.82) is 0 Å². The van der Waals surface area contributed by atoms with E-state index in [9.17, 15) is 4.79 Å². The summed E-state index contributed by atoms with van der Waals surface area (Å²) in [5, 5.41) is 9.15. The molecule has 0 aliphatic heterocycles. The van der Waals surface area contributed by atoms with Crippen LogP contribution >= 0.6 is 0 Å². The smallest absolute Gasteiger partial charge is 0.267 e.